The summed E-state index contributed by atoms with van der Waals surface area (Å²) in [6.45, 7) is 0.907. The van der Waals surface area contributed by atoms with E-state index in [9.17, 15) is 0 Å². The van der Waals surface area contributed by atoms with Crippen LogP contribution >= 0.6 is 0 Å². The third kappa shape index (κ3) is 4.55. The smallest absolute Gasteiger partial charge is 0.153 e. The Morgan fingerprint density at radius 2 is 1.75 bits per heavy atom. The van der Waals surface area contributed by atoms with Gasteiger partial charge in [0.05, 0.1) is 11.1 Å². The van der Waals surface area contributed by atoms with Gasteiger partial charge in [-0.1, -0.05) is 0 Å². The first-order valence-electron chi connectivity index (χ1n) is 6.40. The molecule has 1 atom stereocenters. The van der Waals surface area contributed by atoms with Gasteiger partial charge in [0.2, 0.25) is 0 Å². The second-order valence-electron chi connectivity index (χ2n) is 5.06. The topological polar surface area (TPSA) is 63.3 Å². The van der Waals surface area contributed by atoms with Crippen LogP contribution in [0.2, 0.25) is 0 Å². The third-order valence-electron chi connectivity index (χ3n) is 2.90. The van der Waals surface area contributed by atoms with E-state index in [2.05, 4.69) is 4.90 Å². The van der Waals surface area contributed by atoms with E-state index < -0.39 is 0 Å². The maximum atomic E-state index is 9.02. The lowest BCUT2D eigenvalue weighted by Crippen LogP contribution is -2.36. The van der Waals surface area contributed by atoms with Crippen LogP contribution in [-0.4, -0.2) is 50.8 Å². The highest BCUT2D eigenvalue weighted by Gasteiger charge is 2.14. The van der Waals surface area contributed by atoms with E-state index in [0.717, 1.165) is 13.0 Å². The molecular weight excluding hydrogens is 252 g/mol. The van der Waals surface area contributed by atoms with Crippen LogP contribution in [0.15, 0.2) is 18.2 Å². The highest BCUT2D eigenvalue weighted by Crippen LogP contribution is 2.19. The minimum absolute atomic E-state index is 0.0723. The molecule has 1 rings (SSSR count). The molecule has 0 heterocycles. The van der Waals surface area contributed by atoms with Crippen LogP contribution in [0.5, 0.6) is 5.75 Å². The highest BCUT2D eigenvalue weighted by atomic mass is 16.5. The summed E-state index contributed by atoms with van der Waals surface area (Å²) in [5, 5.41) is 17.9. The number of nitrogens with zero attached hydrogens (tertiary/aromatic N) is 4. The Morgan fingerprint density at radius 1 is 1.10 bits per heavy atom. The number of benzene rings is 1. The normalized spacial score (nSPS) is 12.0. The van der Waals surface area contributed by atoms with E-state index in [1.54, 1.807) is 18.2 Å². The zero-order valence-electron chi connectivity index (χ0n) is 12.4. The molecule has 0 amide bonds. The van der Waals surface area contributed by atoms with Gasteiger partial charge in [-0.3, -0.25) is 4.90 Å². The standard InChI is InChI=1S/C15H20N4O/c1-18(2)8-7-15(19(3)4)20-14-6-5-12(10-16)13(9-14)11-17/h5-6,9,15H,7-8H2,1-4H3. The van der Waals surface area contributed by atoms with Gasteiger partial charge in [0.15, 0.2) is 6.23 Å². The number of rotatable bonds is 6. The monoisotopic (exact) mass is 272 g/mol. The fraction of sp³-hybridized carbons (Fsp3) is 0.467. The molecule has 1 unspecified atom stereocenters. The number of hydrogen-bond donors (Lipinski definition) is 0. The van der Waals surface area contributed by atoms with Crippen LogP contribution in [0.1, 0.15) is 17.5 Å². The van der Waals surface area contributed by atoms with Gasteiger partial charge in [-0.25, -0.2) is 0 Å². The zero-order valence-corrected chi connectivity index (χ0v) is 12.4. The Bertz CT molecular complexity index is 526. The maximum absolute atomic E-state index is 9.02. The minimum atomic E-state index is -0.0723. The quantitative estimate of drug-likeness (QED) is 0.737. The molecule has 0 saturated carbocycles. The Balaban J connectivity index is 2.84. The lowest BCUT2D eigenvalue weighted by atomic mass is 10.1. The van der Waals surface area contributed by atoms with Crippen molar-refractivity contribution in [2.24, 2.45) is 0 Å². The Kier molecular flexibility index (Phi) is 5.99. The number of ether oxygens (including phenoxy) is 1. The highest BCUT2D eigenvalue weighted by molar-refractivity contribution is 5.49. The van der Waals surface area contributed by atoms with E-state index >= 15 is 0 Å². The average Bonchev–Trinajstić information content (AvgIpc) is 2.42. The second kappa shape index (κ2) is 7.49. The van der Waals surface area contributed by atoms with Crippen molar-refractivity contribution in [2.75, 3.05) is 34.7 Å². The summed E-state index contributed by atoms with van der Waals surface area (Å²) in [5.74, 6) is 0.609. The maximum Gasteiger partial charge on any atom is 0.153 e. The molecule has 0 bridgehead atoms. The van der Waals surface area contributed by atoms with Crippen LogP contribution in [0.25, 0.3) is 0 Å². The lowest BCUT2D eigenvalue weighted by Gasteiger charge is -2.26. The summed E-state index contributed by atoms with van der Waals surface area (Å²) in [5.41, 5.74) is 0.713. The van der Waals surface area contributed by atoms with Gasteiger partial charge in [0.1, 0.15) is 17.9 Å². The molecule has 0 aliphatic heterocycles. The van der Waals surface area contributed by atoms with Gasteiger partial charge < -0.3 is 9.64 Å². The molecule has 0 aliphatic carbocycles. The van der Waals surface area contributed by atoms with Crippen LogP contribution in [0, 0.1) is 22.7 Å². The Hall–Kier alpha value is -2.08. The lowest BCUT2D eigenvalue weighted by molar-refractivity contribution is 0.0508. The van der Waals surface area contributed by atoms with Crippen molar-refractivity contribution < 1.29 is 4.74 Å². The second-order valence-corrected chi connectivity index (χ2v) is 5.06. The molecule has 0 radical (unpaired) electrons. The molecule has 1 aromatic rings. The molecule has 0 fully saturated rings. The van der Waals surface area contributed by atoms with Crippen LogP contribution in [-0.2, 0) is 0 Å². The third-order valence-corrected chi connectivity index (χ3v) is 2.90. The summed E-state index contributed by atoms with van der Waals surface area (Å²) >= 11 is 0. The molecular formula is C15H20N4O. The minimum Gasteiger partial charge on any atom is -0.475 e. The van der Waals surface area contributed by atoms with Gasteiger partial charge >= 0.3 is 0 Å². The van der Waals surface area contributed by atoms with E-state index in [1.165, 1.54) is 0 Å². The Labute approximate surface area is 120 Å². The first kappa shape index (κ1) is 16.0. The molecule has 0 aromatic heterocycles. The van der Waals surface area contributed by atoms with Gasteiger partial charge in [0, 0.05) is 13.0 Å². The molecule has 0 spiro atoms. The predicted octanol–water partition coefficient (Wildman–Crippen LogP) is 1.65. The van der Waals surface area contributed by atoms with Gasteiger partial charge in [0.25, 0.3) is 0 Å². The summed E-state index contributed by atoms with van der Waals surface area (Å²) in [7, 11) is 7.94. The van der Waals surface area contributed by atoms with Gasteiger partial charge in [-0.15, -0.1) is 0 Å². The molecule has 5 heteroatoms. The summed E-state index contributed by atoms with van der Waals surface area (Å²) in [6.07, 6.45) is 0.777. The van der Waals surface area contributed by atoms with Crippen molar-refractivity contribution in [1.82, 2.24) is 9.80 Å². The van der Waals surface area contributed by atoms with Crippen molar-refractivity contribution >= 4 is 0 Å². The van der Waals surface area contributed by atoms with E-state index in [0.29, 0.717) is 16.9 Å². The first-order chi connectivity index (χ1) is 9.47. The summed E-state index contributed by atoms with van der Waals surface area (Å²) < 4.78 is 5.91. The van der Waals surface area contributed by atoms with E-state index in [1.807, 2.05) is 45.2 Å². The molecule has 1 aromatic carbocycles. The van der Waals surface area contributed by atoms with Crippen molar-refractivity contribution in [2.45, 2.75) is 12.6 Å². The number of hydrogen-bond acceptors (Lipinski definition) is 5. The summed E-state index contributed by atoms with van der Waals surface area (Å²) in [4.78, 5) is 4.09. The van der Waals surface area contributed by atoms with Crippen LogP contribution in [0.3, 0.4) is 0 Å². The largest absolute Gasteiger partial charge is 0.475 e. The van der Waals surface area contributed by atoms with Gasteiger partial charge in [-0.05, 0) is 46.4 Å². The van der Waals surface area contributed by atoms with Crippen LogP contribution in [0.4, 0.5) is 0 Å². The molecule has 0 N–H and O–H groups in total. The predicted molar refractivity (Wildman–Crippen MR) is 77.1 cm³/mol. The van der Waals surface area contributed by atoms with Crippen LogP contribution < -0.4 is 4.74 Å². The Morgan fingerprint density at radius 3 is 2.25 bits per heavy atom. The van der Waals surface area contributed by atoms with Crippen molar-refractivity contribution in [3.63, 3.8) is 0 Å². The zero-order chi connectivity index (χ0) is 15.1. The van der Waals surface area contributed by atoms with E-state index in [-0.39, 0.29) is 6.23 Å². The van der Waals surface area contributed by atoms with Crippen molar-refractivity contribution in [3.05, 3.63) is 29.3 Å². The van der Waals surface area contributed by atoms with Crippen molar-refractivity contribution in [1.29, 1.82) is 10.5 Å². The SMILES string of the molecule is CN(C)CCC(Oc1ccc(C#N)c(C#N)c1)N(C)C. The molecule has 106 valence electrons. The fourth-order valence-corrected chi connectivity index (χ4v) is 1.73. The molecule has 0 saturated heterocycles. The summed E-state index contributed by atoms with van der Waals surface area (Å²) in [6, 6.07) is 8.97. The fourth-order valence-electron chi connectivity index (χ4n) is 1.73. The van der Waals surface area contributed by atoms with Crippen molar-refractivity contribution in [3.8, 4) is 17.9 Å². The van der Waals surface area contributed by atoms with E-state index in [4.69, 9.17) is 15.3 Å². The number of nitriles is 2. The average molecular weight is 272 g/mol. The first-order valence-corrected chi connectivity index (χ1v) is 6.40. The molecule has 0 aliphatic rings. The molecule has 20 heavy (non-hydrogen) atoms. The van der Waals surface area contributed by atoms with Gasteiger partial charge in [-0.2, -0.15) is 10.5 Å². The molecule has 5 nitrogen and oxygen atoms in total.